The number of anilines is 1. The number of benzene rings is 1. The second-order valence-corrected chi connectivity index (χ2v) is 4.09. The number of thioether (sulfide) groups is 1. The first kappa shape index (κ1) is 7.99. The van der Waals surface area contributed by atoms with Crippen LogP contribution in [0.5, 0.6) is 0 Å². The van der Waals surface area contributed by atoms with Gasteiger partial charge in [0.05, 0.1) is 0 Å². The van der Waals surface area contributed by atoms with E-state index in [4.69, 9.17) is 5.73 Å². The predicted octanol–water partition coefficient (Wildman–Crippen LogP) is 2.87. The fraction of sp³-hybridized carbons (Fsp3) is 0.400. The number of nitrogens with two attached hydrogens (primary N) is 1. The van der Waals surface area contributed by atoms with Crippen molar-refractivity contribution in [3.8, 4) is 0 Å². The van der Waals surface area contributed by atoms with E-state index >= 15 is 0 Å². The minimum Gasteiger partial charge on any atom is -0.398 e. The topological polar surface area (TPSA) is 26.0 Å². The molecule has 1 nitrogen and oxygen atoms in total. The summed E-state index contributed by atoms with van der Waals surface area (Å²) in [5.41, 5.74) is 8.38. The lowest BCUT2D eigenvalue weighted by molar-refractivity contribution is 1.12. The van der Waals surface area contributed by atoms with Crippen molar-refractivity contribution in [3.63, 3.8) is 0 Å². The second kappa shape index (κ2) is 3.02. The molecule has 0 atom stereocenters. The van der Waals surface area contributed by atoms with E-state index in [1.54, 1.807) is 11.8 Å². The zero-order chi connectivity index (χ0) is 8.55. The van der Waals surface area contributed by atoms with Crippen molar-refractivity contribution >= 4 is 17.4 Å². The van der Waals surface area contributed by atoms with E-state index in [9.17, 15) is 0 Å². The van der Waals surface area contributed by atoms with Crippen molar-refractivity contribution in [1.29, 1.82) is 0 Å². The number of nitrogen functional groups attached to an aromatic ring is 1. The molecule has 2 rings (SSSR count). The lowest BCUT2D eigenvalue weighted by Crippen LogP contribution is -1.94. The number of para-hydroxylation sites is 1. The largest absolute Gasteiger partial charge is 0.398 e. The summed E-state index contributed by atoms with van der Waals surface area (Å²) in [4.78, 5) is 1.22. The van der Waals surface area contributed by atoms with Crippen molar-refractivity contribution < 1.29 is 0 Å². The van der Waals surface area contributed by atoms with Crippen LogP contribution in [0, 0.1) is 0 Å². The van der Waals surface area contributed by atoms with E-state index < -0.39 is 0 Å². The highest BCUT2D eigenvalue weighted by Gasteiger charge is 2.25. The van der Waals surface area contributed by atoms with E-state index in [1.807, 2.05) is 0 Å². The van der Waals surface area contributed by atoms with Crippen LogP contribution < -0.4 is 5.73 Å². The fourth-order valence-electron chi connectivity index (χ4n) is 1.49. The Bertz CT molecular complexity index is 292. The van der Waals surface area contributed by atoms with E-state index in [0.717, 1.165) is 11.6 Å². The average Bonchev–Trinajstić information content (AvgIpc) is 2.88. The molecule has 0 saturated heterocycles. The minimum atomic E-state index is 0.761. The molecule has 0 aliphatic heterocycles. The highest BCUT2D eigenvalue weighted by molar-refractivity contribution is 7.98. The molecule has 1 fully saturated rings. The van der Waals surface area contributed by atoms with Crippen LogP contribution in [-0.4, -0.2) is 6.26 Å². The summed E-state index contributed by atoms with van der Waals surface area (Å²) in [6.07, 6.45) is 4.71. The molecule has 2 N–H and O–H groups in total. The molecule has 0 amide bonds. The monoisotopic (exact) mass is 179 g/mol. The van der Waals surface area contributed by atoms with Gasteiger partial charge in [0.2, 0.25) is 0 Å². The van der Waals surface area contributed by atoms with Crippen LogP contribution in [0.25, 0.3) is 0 Å². The molecule has 0 bridgehead atoms. The molecule has 1 aromatic carbocycles. The van der Waals surface area contributed by atoms with Gasteiger partial charge in [-0.05, 0) is 36.6 Å². The lowest BCUT2D eigenvalue weighted by atomic mass is 10.1. The molecule has 0 aromatic heterocycles. The Morgan fingerprint density at radius 1 is 1.42 bits per heavy atom. The van der Waals surface area contributed by atoms with Gasteiger partial charge in [-0.1, -0.05) is 12.1 Å². The van der Waals surface area contributed by atoms with Gasteiger partial charge in [-0.2, -0.15) is 0 Å². The normalized spacial score (nSPS) is 16.4. The molecule has 0 heterocycles. The smallest absolute Gasteiger partial charge is 0.0487 e. The van der Waals surface area contributed by atoms with Gasteiger partial charge in [-0.25, -0.2) is 0 Å². The molecular formula is C10H13NS. The van der Waals surface area contributed by atoms with E-state index in [-0.39, 0.29) is 0 Å². The average molecular weight is 179 g/mol. The van der Waals surface area contributed by atoms with Gasteiger partial charge < -0.3 is 5.73 Å². The van der Waals surface area contributed by atoms with E-state index in [2.05, 4.69) is 24.5 Å². The molecule has 12 heavy (non-hydrogen) atoms. The van der Waals surface area contributed by atoms with Gasteiger partial charge in [0.1, 0.15) is 0 Å². The van der Waals surface area contributed by atoms with Crippen molar-refractivity contribution in [2.75, 3.05) is 12.0 Å². The standard InChI is InChI=1S/C10H13NS/c1-12-9-4-2-3-8(10(9)11)7-5-6-7/h2-4,7H,5-6,11H2,1H3. The Kier molecular flexibility index (Phi) is 2.01. The number of rotatable bonds is 2. The first-order valence-corrected chi connectivity index (χ1v) is 5.47. The van der Waals surface area contributed by atoms with Crippen molar-refractivity contribution in [2.45, 2.75) is 23.7 Å². The summed E-state index contributed by atoms with van der Waals surface area (Å²) in [7, 11) is 0. The van der Waals surface area contributed by atoms with Crippen LogP contribution in [0.3, 0.4) is 0 Å². The third-order valence-electron chi connectivity index (χ3n) is 2.34. The fourth-order valence-corrected chi connectivity index (χ4v) is 2.04. The highest BCUT2D eigenvalue weighted by atomic mass is 32.2. The maximum Gasteiger partial charge on any atom is 0.0487 e. The minimum absolute atomic E-state index is 0.761. The number of hydrogen-bond donors (Lipinski definition) is 1. The van der Waals surface area contributed by atoms with Gasteiger partial charge >= 0.3 is 0 Å². The molecular weight excluding hydrogens is 166 g/mol. The Morgan fingerprint density at radius 3 is 2.75 bits per heavy atom. The summed E-state index contributed by atoms with van der Waals surface area (Å²) in [6, 6.07) is 6.36. The van der Waals surface area contributed by atoms with Gasteiger partial charge in [0.25, 0.3) is 0 Å². The first-order valence-electron chi connectivity index (χ1n) is 4.25. The van der Waals surface area contributed by atoms with Crippen LogP contribution in [0.15, 0.2) is 23.1 Å². The maximum absolute atomic E-state index is 6.01. The zero-order valence-electron chi connectivity index (χ0n) is 7.21. The maximum atomic E-state index is 6.01. The SMILES string of the molecule is CSc1cccc(C2CC2)c1N. The second-order valence-electron chi connectivity index (χ2n) is 3.24. The van der Waals surface area contributed by atoms with Gasteiger partial charge in [0.15, 0.2) is 0 Å². The molecule has 64 valence electrons. The van der Waals surface area contributed by atoms with Gasteiger partial charge in [0, 0.05) is 10.6 Å². The van der Waals surface area contributed by atoms with Crippen LogP contribution in [0.1, 0.15) is 24.3 Å². The molecule has 1 aliphatic carbocycles. The quantitative estimate of drug-likeness (QED) is 0.558. The van der Waals surface area contributed by atoms with Gasteiger partial charge in [-0.15, -0.1) is 11.8 Å². The van der Waals surface area contributed by atoms with Crippen molar-refractivity contribution in [2.24, 2.45) is 0 Å². The van der Waals surface area contributed by atoms with Crippen LogP contribution in [0.2, 0.25) is 0 Å². The molecule has 0 radical (unpaired) electrons. The molecule has 0 unspecified atom stereocenters. The Balaban J connectivity index is 2.40. The Hall–Kier alpha value is -0.630. The summed E-state index contributed by atoms with van der Waals surface area (Å²) in [6.45, 7) is 0. The molecule has 1 aliphatic rings. The lowest BCUT2D eigenvalue weighted by Gasteiger charge is -2.07. The molecule has 0 spiro atoms. The van der Waals surface area contributed by atoms with Crippen LogP contribution in [0.4, 0.5) is 5.69 Å². The Labute approximate surface area is 77.3 Å². The Morgan fingerprint density at radius 2 is 2.17 bits per heavy atom. The predicted molar refractivity (Wildman–Crippen MR) is 54.6 cm³/mol. The number of hydrogen-bond acceptors (Lipinski definition) is 2. The summed E-state index contributed by atoms with van der Waals surface area (Å²) in [5.74, 6) is 0.761. The van der Waals surface area contributed by atoms with Crippen molar-refractivity contribution in [1.82, 2.24) is 0 Å². The highest BCUT2D eigenvalue weighted by Crippen LogP contribution is 2.44. The van der Waals surface area contributed by atoms with E-state index in [0.29, 0.717) is 0 Å². The summed E-state index contributed by atoms with van der Waals surface area (Å²) < 4.78 is 0. The van der Waals surface area contributed by atoms with Crippen LogP contribution >= 0.6 is 11.8 Å². The summed E-state index contributed by atoms with van der Waals surface area (Å²) in [5, 5.41) is 0. The summed E-state index contributed by atoms with van der Waals surface area (Å²) >= 11 is 1.73. The third kappa shape index (κ3) is 1.31. The molecule has 1 aromatic rings. The van der Waals surface area contributed by atoms with Crippen molar-refractivity contribution in [3.05, 3.63) is 23.8 Å². The zero-order valence-corrected chi connectivity index (χ0v) is 8.03. The first-order chi connectivity index (χ1) is 5.83. The van der Waals surface area contributed by atoms with E-state index in [1.165, 1.54) is 23.3 Å². The third-order valence-corrected chi connectivity index (χ3v) is 3.13. The van der Waals surface area contributed by atoms with Crippen LogP contribution in [-0.2, 0) is 0 Å². The molecule has 2 heteroatoms. The van der Waals surface area contributed by atoms with Gasteiger partial charge in [-0.3, -0.25) is 0 Å². The molecule has 1 saturated carbocycles.